The number of thioether (sulfide) groups is 1. The Bertz CT molecular complexity index is 765. The minimum absolute atomic E-state index is 0.101. The van der Waals surface area contributed by atoms with E-state index in [9.17, 15) is 9.59 Å². The fourth-order valence-corrected chi connectivity index (χ4v) is 4.34. The predicted octanol–water partition coefficient (Wildman–Crippen LogP) is 1.38. The largest absolute Gasteiger partial charge is 0.378 e. The van der Waals surface area contributed by atoms with Crippen LogP contribution >= 0.6 is 23.1 Å². The lowest BCUT2D eigenvalue weighted by atomic mass is 10.2. The van der Waals surface area contributed by atoms with Crippen LogP contribution in [0, 0.1) is 0 Å². The normalized spacial score (nSPS) is 14.1. The van der Waals surface area contributed by atoms with Gasteiger partial charge in [-0.3, -0.25) is 9.59 Å². The monoisotopic (exact) mass is 407 g/mol. The Balaban J connectivity index is 1.60. The quantitative estimate of drug-likeness (QED) is 0.660. The van der Waals surface area contributed by atoms with E-state index in [0.29, 0.717) is 13.2 Å². The molecule has 2 amide bonds. The van der Waals surface area contributed by atoms with Gasteiger partial charge in [0.2, 0.25) is 16.9 Å². The number of aromatic nitrogens is 2. The topological polar surface area (TPSA) is 102 Å². The lowest BCUT2D eigenvalue weighted by Gasteiger charge is -2.25. The molecular formula is C17H21N5O3S2. The molecule has 1 aliphatic heterocycles. The number of anilines is 2. The second-order valence-electron chi connectivity index (χ2n) is 5.84. The van der Waals surface area contributed by atoms with E-state index < -0.39 is 5.91 Å². The third kappa shape index (κ3) is 5.65. The fraction of sp³-hybridized carbons (Fsp3) is 0.412. The summed E-state index contributed by atoms with van der Waals surface area (Å²) >= 11 is 2.82. The van der Waals surface area contributed by atoms with Gasteiger partial charge < -0.3 is 20.3 Å². The molecule has 1 aromatic heterocycles. The van der Waals surface area contributed by atoms with Crippen LogP contribution in [0.5, 0.6) is 0 Å². The highest BCUT2D eigenvalue weighted by Gasteiger charge is 2.19. The van der Waals surface area contributed by atoms with Gasteiger partial charge >= 0.3 is 0 Å². The minimum Gasteiger partial charge on any atom is -0.378 e. The number of hydrogen-bond donors (Lipinski definition) is 1. The van der Waals surface area contributed by atoms with Crippen LogP contribution in [-0.4, -0.2) is 60.6 Å². The third-order valence-electron chi connectivity index (χ3n) is 3.95. The number of para-hydroxylation sites is 1. The lowest BCUT2D eigenvalue weighted by Crippen LogP contribution is -2.36. The zero-order valence-electron chi connectivity index (χ0n) is 14.7. The number of ether oxygens (including phenoxy) is 1. The van der Waals surface area contributed by atoms with Crippen molar-refractivity contribution >= 4 is 45.7 Å². The second kappa shape index (κ2) is 9.67. The molecule has 10 heteroatoms. The SMILES string of the molecule is NC(=O)CCN(C(=O)CSc1nnc(N2CCOCC2)s1)c1ccccc1. The maximum absolute atomic E-state index is 12.7. The molecule has 0 radical (unpaired) electrons. The van der Waals surface area contributed by atoms with Crippen molar-refractivity contribution < 1.29 is 14.3 Å². The summed E-state index contributed by atoms with van der Waals surface area (Å²) in [7, 11) is 0. The summed E-state index contributed by atoms with van der Waals surface area (Å²) in [5, 5.41) is 9.24. The van der Waals surface area contributed by atoms with Gasteiger partial charge in [0.25, 0.3) is 0 Å². The van der Waals surface area contributed by atoms with Crippen LogP contribution in [0.15, 0.2) is 34.7 Å². The number of primary amides is 1. The van der Waals surface area contributed by atoms with Gasteiger partial charge in [0.05, 0.1) is 19.0 Å². The van der Waals surface area contributed by atoms with Gasteiger partial charge in [0, 0.05) is 31.7 Å². The molecule has 2 N–H and O–H groups in total. The Kier molecular flexibility index (Phi) is 7.02. The fourth-order valence-electron chi connectivity index (χ4n) is 2.57. The smallest absolute Gasteiger partial charge is 0.237 e. The van der Waals surface area contributed by atoms with Crippen LogP contribution in [0.2, 0.25) is 0 Å². The summed E-state index contributed by atoms with van der Waals surface area (Å²) in [6.07, 6.45) is 0.116. The highest BCUT2D eigenvalue weighted by atomic mass is 32.2. The van der Waals surface area contributed by atoms with Crippen LogP contribution in [0.1, 0.15) is 6.42 Å². The van der Waals surface area contributed by atoms with Crippen molar-refractivity contribution in [2.75, 3.05) is 48.4 Å². The molecule has 0 spiro atoms. The summed E-state index contributed by atoms with van der Waals surface area (Å²) < 4.78 is 6.08. The molecule has 0 saturated carbocycles. The standard InChI is InChI=1S/C17H21N5O3S2/c18-14(23)6-7-22(13-4-2-1-3-5-13)15(24)12-26-17-20-19-16(27-17)21-8-10-25-11-9-21/h1-5H,6-12H2,(H2,18,23). The van der Waals surface area contributed by atoms with Crippen molar-refractivity contribution in [1.82, 2.24) is 10.2 Å². The van der Waals surface area contributed by atoms with Gasteiger partial charge in [-0.1, -0.05) is 41.3 Å². The highest BCUT2D eigenvalue weighted by Crippen LogP contribution is 2.29. The van der Waals surface area contributed by atoms with Crippen LogP contribution in [0.3, 0.4) is 0 Å². The van der Waals surface area contributed by atoms with Crippen molar-refractivity contribution in [3.05, 3.63) is 30.3 Å². The Hall–Kier alpha value is -2.17. The maximum Gasteiger partial charge on any atom is 0.237 e. The summed E-state index contributed by atoms with van der Waals surface area (Å²) in [4.78, 5) is 27.6. The molecule has 1 aliphatic rings. The molecule has 1 fully saturated rings. The molecule has 0 atom stereocenters. The third-order valence-corrected chi connectivity index (χ3v) is 6.05. The zero-order chi connectivity index (χ0) is 19.1. The van der Waals surface area contributed by atoms with Crippen molar-refractivity contribution in [2.24, 2.45) is 5.73 Å². The van der Waals surface area contributed by atoms with Crippen molar-refractivity contribution in [2.45, 2.75) is 10.8 Å². The number of nitrogens with zero attached hydrogens (tertiary/aromatic N) is 4. The predicted molar refractivity (Wildman–Crippen MR) is 106 cm³/mol. The van der Waals surface area contributed by atoms with E-state index >= 15 is 0 Å². The van der Waals surface area contributed by atoms with E-state index in [1.807, 2.05) is 30.3 Å². The highest BCUT2D eigenvalue weighted by molar-refractivity contribution is 8.01. The molecule has 0 bridgehead atoms. The molecule has 2 aromatic rings. The Morgan fingerprint density at radius 2 is 1.96 bits per heavy atom. The number of carbonyl (C=O) groups is 2. The number of carbonyl (C=O) groups excluding carboxylic acids is 2. The summed E-state index contributed by atoms with van der Waals surface area (Å²) in [5.74, 6) is -0.322. The summed E-state index contributed by atoms with van der Waals surface area (Å²) in [6.45, 7) is 3.23. The number of morpholine rings is 1. The van der Waals surface area contributed by atoms with E-state index in [-0.39, 0.29) is 24.6 Å². The zero-order valence-corrected chi connectivity index (χ0v) is 16.4. The van der Waals surface area contributed by atoms with E-state index in [2.05, 4.69) is 15.1 Å². The van der Waals surface area contributed by atoms with E-state index in [1.165, 1.54) is 23.1 Å². The molecule has 0 aliphatic carbocycles. The number of hydrogen-bond acceptors (Lipinski definition) is 8. The number of amides is 2. The maximum atomic E-state index is 12.7. The van der Waals surface area contributed by atoms with E-state index in [4.69, 9.17) is 10.5 Å². The van der Waals surface area contributed by atoms with Crippen molar-refractivity contribution in [3.8, 4) is 0 Å². The average molecular weight is 408 g/mol. The van der Waals surface area contributed by atoms with E-state index in [1.54, 1.807) is 4.90 Å². The van der Waals surface area contributed by atoms with Gasteiger partial charge in [0.1, 0.15) is 0 Å². The first-order valence-corrected chi connectivity index (χ1v) is 10.4. The first kappa shape index (κ1) is 19.6. The number of nitrogens with two attached hydrogens (primary N) is 1. The van der Waals surface area contributed by atoms with Gasteiger partial charge in [0.15, 0.2) is 4.34 Å². The molecule has 8 nitrogen and oxygen atoms in total. The number of benzene rings is 1. The van der Waals surface area contributed by atoms with Crippen LogP contribution in [0.4, 0.5) is 10.8 Å². The first-order valence-electron chi connectivity index (χ1n) is 8.56. The van der Waals surface area contributed by atoms with Crippen LogP contribution in [-0.2, 0) is 14.3 Å². The van der Waals surface area contributed by atoms with Crippen LogP contribution in [0.25, 0.3) is 0 Å². The van der Waals surface area contributed by atoms with Crippen molar-refractivity contribution in [1.29, 1.82) is 0 Å². The van der Waals surface area contributed by atoms with E-state index in [0.717, 1.165) is 28.2 Å². The molecule has 144 valence electrons. The molecular weight excluding hydrogens is 386 g/mol. The van der Waals surface area contributed by atoms with Gasteiger partial charge in [-0.15, -0.1) is 10.2 Å². The molecule has 0 unspecified atom stereocenters. The molecule has 3 rings (SSSR count). The Labute approximate surface area is 165 Å². The van der Waals surface area contributed by atoms with Gasteiger partial charge in [-0.25, -0.2) is 0 Å². The Morgan fingerprint density at radius 1 is 1.22 bits per heavy atom. The molecule has 1 aromatic carbocycles. The van der Waals surface area contributed by atoms with Gasteiger partial charge in [-0.05, 0) is 12.1 Å². The van der Waals surface area contributed by atoms with Gasteiger partial charge in [-0.2, -0.15) is 0 Å². The second-order valence-corrected chi connectivity index (χ2v) is 8.01. The number of rotatable bonds is 8. The average Bonchev–Trinajstić information content (AvgIpc) is 3.17. The minimum atomic E-state index is -0.435. The first-order chi connectivity index (χ1) is 13.1. The summed E-state index contributed by atoms with van der Waals surface area (Å²) in [5.41, 5.74) is 5.99. The molecule has 27 heavy (non-hydrogen) atoms. The van der Waals surface area contributed by atoms with Crippen LogP contribution < -0.4 is 15.5 Å². The lowest BCUT2D eigenvalue weighted by molar-refractivity contribution is -0.118. The Morgan fingerprint density at radius 3 is 2.67 bits per heavy atom. The van der Waals surface area contributed by atoms with Crippen molar-refractivity contribution in [3.63, 3.8) is 0 Å². The summed E-state index contributed by atoms with van der Waals surface area (Å²) in [6, 6.07) is 9.26. The molecule has 2 heterocycles. The molecule has 1 saturated heterocycles.